The maximum absolute atomic E-state index is 11.0. The number of hydrogen-bond acceptors (Lipinski definition) is 2. The van der Waals surface area contributed by atoms with Gasteiger partial charge in [0.15, 0.2) is 0 Å². The van der Waals surface area contributed by atoms with Crippen molar-refractivity contribution in [2.75, 3.05) is 5.32 Å². The van der Waals surface area contributed by atoms with Gasteiger partial charge in [0, 0.05) is 19.3 Å². The summed E-state index contributed by atoms with van der Waals surface area (Å²) < 4.78 is 1.42. The fourth-order valence-corrected chi connectivity index (χ4v) is 0.938. The molecule has 0 bridgehead atoms. The van der Waals surface area contributed by atoms with Crippen molar-refractivity contribution >= 4 is 12.1 Å². The van der Waals surface area contributed by atoms with E-state index in [0.29, 0.717) is 12.1 Å². The van der Waals surface area contributed by atoms with Gasteiger partial charge in [-0.15, -0.1) is 0 Å². The number of nitrogens with one attached hydrogen (secondary N) is 1. The largest absolute Gasteiger partial charge is 0.327 e. The zero-order valence-corrected chi connectivity index (χ0v) is 7.00. The lowest BCUT2D eigenvalue weighted by Crippen LogP contribution is -2.16. The zero-order valence-electron chi connectivity index (χ0n) is 7.00. The SMILES string of the molecule is Cc1cc(=O)n(C)cc1NC=O. The summed E-state index contributed by atoms with van der Waals surface area (Å²) in [5.41, 5.74) is 1.35. The first-order chi connectivity index (χ1) is 5.65. The molecule has 4 nitrogen and oxygen atoms in total. The minimum atomic E-state index is -0.0797. The molecule has 0 saturated heterocycles. The van der Waals surface area contributed by atoms with Crippen LogP contribution in [-0.4, -0.2) is 11.0 Å². The highest BCUT2D eigenvalue weighted by atomic mass is 16.1. The zero-order chi connectivity index (χ0) is 9.14. The Labute approximate surface area is 69.8 Å². The summed E-state index contributed by atoms with van der Waals surface area (Å²) in [5, 5.41) is 2.50. The third-order valence-corrected chi connectivity index (χ3v) is 1.65. The highest BCUT2D eigenvalue weighted by Gasteiger charge is 1.98. The first-order valence-corrected chi connectivity index (χ1v) is 3.52. The number of aryl methyl sites for hydroxylation is 2. The number of rotatable bonds is 2. The smallest absolute Gasteiger partial charge is 0.250 e. The van der Waals surface area contributed by atoms with Crippen molar-refractivity contribution in [2.24, 2.45) is 7.05 Å². The van der Waals surface area contributed by atoms with E-state index in [0.717, 1.165) is 5.56 Å². The van der Waals surface area contributed by atoms with Crippen LogP contribution < -0.4 is 10.9 Å². The lowest BCUT2D eigenvalue weighted by atomic mass is 10.2. The number of carbonyl (C=O) groups is 1. The molecule has 12 heavy (non-hydrogen) atoms. The molecule has 64 valence electrons. The van der Waals surface area contributed by atoms with Gasteiger partial charge in [-0.2, -0.15) is 0 Å². The van der Waals surface area contributed by atoms with Gasteiger partial charge < -0.3 is 9.88 Å². The summed E-state index contributed by atoms with van der Waals surface area (Å²) >= 11 is 0. The van der Waals surface area contributed by atoms with Gasteiger partial charge in [-0.25, -0.2) is 0 Å². The molecule has 1 N–H and O–H groups in total. The lowest BCUT2D eigenvalue weighted by molar-refractivity contribution is -0.105. The molecule has 0 spiro atoms. The molecule has 1 aromatic heterocycles. The monoisotopic (exact) mass is 166 g/mol. The van der Waals surface area contributed by atoms with E-state index >= 15 is 0 Å². The Balaban J connectivity index is 3.22. The van der Waals surface area contributed by atoms with Crippen molar-refractivity contribution in [1.29, 1.82) is 0 Å². The maximum atomic E-state index is 11.0. The van der Waals surface area contributed by atoms with E-state index in [1.54, 1.807) is 20.2 Å². The molecule has 1 rings (SSSR count). The van der Waals surface area contributed by atoms with Gasteiger partial charge >= 0.3 is 0 Å². The molecule has 0 unspecified atom stereocenters. The highest BCUT2D eigenvalue weighted by Crippen LogP contribution is 2.08. The number of hydrogen-bond donors (Lipinski definition) is 1. The first kappa shape index (κ1) is 8.52. The Bertz CT molecular complexity index is 355. The molecule has 1 amide bonds. The number of pyridine rings is 1. The Morgan fingerprint density at radius 3 is 2.83 bits per heavy atom. The third-order valence-electron chi connectivity index (χ3n) is 1.65. The van der Waals surface area contributed by atoms with Gasteiger partial charge in [-0.3, -0.25) is 9.59 Å². The van der Waals surface area contributed by atoms with Crippen molar-refractivity contribution < 1.29 is 4.79 Å². The van der Waals surface area contributed by atoms with Crippen LogP contribution in [0.1, 0.15) is 5.56 Å². The number of anilines is 1. The van der Waals surface area contributed by atoms with Crippen molar-refractivity contribution in [3.8, 4) is 0 Å². The summed E-state index contributed by atoms with van der Waals surface area (Å²) in [6, 6.07) is 1.48. The second-order valence-corrected chi connectivity index (χ2v) is 2.58. The van der Waals surface area contributed by atoms with E-state index in [4.69, 9.17) is 0 Å². The lowest BCUT2D eigenvalue weighted by Gasteiger charge is -2.04. The van der Waals surface area contributed by atoms with Gasteiger partial charge in [0.2, 0.25) is 6.41 Å². The third kappa shape index (κ3) is 1.53. The molecular weight excluding hydrogens is 156 g/mol. The van der Waals surface area contributed by atoms with Crippen molar-refractivity contribution in [2.45, 2.75) is 6.92 Å². The molecule has 0 aromatic carbocycles. The fourth-order valence-electron chi connectivity index (χ4n) is 0.938. The van der Waals surface area contributed by atoms with Crippen LogP contribution >= 0.6 is 0 Å². The van der Waals surface area contributed by atoms with E-state index in [-0.39, 0.29) is 5.56 Å². The first-order valence-electron chi connectivity index (χ1n) is 3.52. The minimum absolute atomic E-state index is 0.0797. The van der Waals surface area contributed by atoms with Crippen LogP contribution in [0.2, 0.25) is 0 Å². The molecule has 0 radical (unpaired) electrons. The average molecular weight is 166 g/mol. The summed E-state index contributed by atoms with van der Waals surface area (Å²) in [6.07, 6.45) is 2.18. The Morgan fingerprint density at radius 2 is 2.25 bits per heavy atom. The number of carbonyl (C=O) groups excluding carboxylic acids is 1. The predicted molar refractivity (Wildman–Crippen MR) is 46.1 cm³/mol. The highest BCUT2D eigenvalue weighted by molar-refractivity contribution is 5.72. The Morgan fingerprint density at radius 1 is 1.58 bits per heavy atom. The van der Waals surface area contributed by atoms with E-state index in [1.807, 2.05) is 0 Å². The van der Waals surface area contributed by atoms with Gasteiger partial charge in [0.05, 0.1) is 5.69 Å². The Kier molecular flexibility index (Phi) is 2.28. The van der Waals surface area contributed by atoms with Crippen LogP contribution in [0.3, 0.4) is 0 Å². The molecular formula is C8H10N2O2. The second-order valence-electron chi connectivity index (χ2n) is 2.58. The van der Waals surface area contributed by atoms with E-state index in [2.05, 4.69) is 5.32 Å². The van der Waals surface area contributed by atoms with E-state index in [1.165, 1.54) is 10.6 Å². The molecule has 0 aliphatic heterocycles. The van der Waals surface area contributed by atoms with Crippen molar-refractivity contribution in [3.05, 3.63) is 28.2 Å². The quantitative estimate of drug-likeness (QED) is 0.641. The molecule has 1 heterocycles. The normalized spacial score (nSPS) is 9.50. The number of aromatic nitrogens is 1. The molecule has 0 fully saturated rings. The van der Waals surface area contributed by atoms with Gasteiger partial charge in [-0.05, 0) is 12.5 Å². The van der Waals surface area contributed by atoms with Crippen molar-refractivity contribution in [3.63, 3.8) is 0 Å². The van der Waals surface area contributed by atoms with Gasteiger partial charge in [0.1, 0.15) is 0 Å². The maximum Gasteiger partial charge on any atom is 0.250 e. The van der Waals surface area contributed by atoms with Crippen LogP contribution in [0.4, 0.5) is 5.69 Å². The molecule has 1 aromatic rings. The molecule has 4 heteroatoms. The van der Waals surface area contributed by atoms with Crippen LogP contribution in [0.25, 0.3) is 0 Å². The van der Waals surface area contributed by atoms with Crippen LogP contribution in [-0.2, 0) is 11.8 Å². The van der Waals surface area contributed by atoms with Gasteiger partial charge in [0.25, 0.3) is 5.56 Å². The molecule has 0 atom stereocenters. The fraction of sp³-hybridized carbons (Fsp3) is 0.250. The number of amides is 1. The summed E-state index contributed by atoms with van der Waals surface area (Å²) in [7, 11) is 1.64. The topological polar surface area (TPSA) is 51.1 Å². The second kappa shape index (κ2) is 3.21. The summed E-state index contributed by atoms with van der Waals surface area (Å²) in [4.78, 5) is 21.2. The summed E-state index contributed by atoms with van der Waals surface area (Å²) in [6.45, 7) is 1.77. The standard InChI is InChI=1S/C8H10N2O2/c1-6-3-8(12)10(2)4-7(6)9-5-11/h3-5H,1-2H3,(H,9,11). The predicted octanol–water partition coefficient (Wildman–Crippen LogP) is 0.262. The van der Waals surface area contributed by atoms with Gasteiger partial charge in [-0.1, -0.05) is 0 Å². The van der Waals surface area contributed by atoms with E-state index < -0.39 is 0 Å². The van der Waals surface area contributed by atoms with Crippen LogP contribution in [0.15, 0.2) is 17.1 Å². The molecule has 0 saturated carbocycles. The Hall–Kier alpha value is -1.58. The van der Waals surface area contributed by atoms with Crippen LogP contribution in [0, 0.1) is 6.92 Å². The number of nitrogens with zero attached hydrogens (tertiary/aromatic N) is 1. The van der Waals surface area contributed by atoms with Crippen LogP contribution in [0.5, 0.6) is 0 Å². The van der Waals surface area contributed by atoms with Crippen molar-refractivity contribution in [1.82, 2.24) is 4.57 Å². The molecule has 0 aliphatic carbocycles. The molecule has 0 aliphatic rings. The van der Waals surface area contributed by atoms with E-state index in [9.17, 15) is 9.59 Å². The average Bonchev–Trinajstić information content (AvgIpc) is 2.01. The summed E-state index contributed by atoms with van der Waals surface area (Å²) in [5.74, 6) is 0. The minimum Gasteiger partial charge on any atom is -0.327 e.